The highest BCUT2D eigenvalue weighted by atomic mass is 79.9. The third-order valence-corrected chi connectivity index (χ3v) is 2.95. The molecule has 0 aromatic carbocycles. The van der Waals surface area contributed by atoms with Crippen LogP contribution in [0, 0.1) is 11.8 Å². The summed E-state index contributed by atoms with van der Waals surface area (Å²) in [5, 5.41) is 0. The van der Waals surface area contributed by atoms with Crippen molar-refractivity contribution in [1.29, 1.82) is 0 Å². The highest BCUT2D eigenvalue weighted by Crippen LogP contribution is 2.34. The van der Waals surface area contributed by atoms with Gasteiger partial charge in [0.2, 0.25) is 0 Å². The van der Waals surface area contributed by atoms with E-state index in [0.29, 0.717) is 0 Å². The van der Waals surface area contributed by atoms with E-state index in [1.165, 1.54) is 12.8 Å². The molecule has 0 spiro atoms. The average Bonchev–Trinajstić information content (AvgIpc) is 2.33. The van der Waals surface area contributed by atoms with E-state index in [1.807, 2.05) is 12.5 Å². The minimum Gasteiger partial charge on any atom is -0.336 e. The molecule has 0 amide bonds. The van der Waals surface area contributed by atoms with Crippen molar-refractivity contribution >= 4 is 15.9 Å². The van der Waals surface area contributed by atoms with Gasteiger partial charge in [-0.25, -0.2) is 4.98 Å². The maximum atomic E-state index is 4.13. The van der Waals surface area contributed by atoms with Gasteiger partial charge in [-0.1, -0.05) is 6.92 Å². The van der Waals surface area contributed by atoms with Gasteiger partial charge in [-0.3, -0.25) is 0 Å². The molecule has 0 atom stereocenters. The average molecular weight is 229 g/mol. The lowest BCUT2D eigenvalue weighted by Gasteiger charge is -2.32. The Kier molecular flexibility index (Phi) is 2.22. The van der Waals surface area contributed by atoms with Gasteiger partial charge in [-0.2, -0.15) is 0 Å². The summed E-state index contributed by atoms with van der Waals surface area (Å²) in [7, 11) is 0. The number of hydrogen-bond acceptors (Lipinski definition) is 1. The lowest BCUT2D eigenvalue weighted by atomic mass is 9.76. The molecule has 1 fully saturated rings. The molecule has 1 aromatic heterocycles. The monoisotopic (exact) mass is 228 g/mol. The molecule has 2 nitrogen and oxygen atoms in total. The lowest BCUT2D eigenvalue weighted by molar-refractivity contribution is 0.187. The molecule has 0 unspecified atom stereocenters. The van der Waals surface area contributed by atoms with Gasteiger partial charge in [0.25, 0.3) is 0 Å². The van der Waals surface area contributed by atoms with Crippen LogP contribution in [0.3, 0.4) is 0 Å². The van der Waals surface area contributed by atoms with E-state index in [1.54, 1.807) is 0 Å². The standard InChI is InChI=1S/C9H13BrN2/c1-7-2-8(3-7)4-12-5-9(10)11-6-12/h5-8H,2-4H2,1H3. The summed E-state index contributed by atoms with van der Waals surface area (Å²) >= 11 is 3.34. The molecular weight excluding hydrogens is 216 g/mol. The molecule has 0 N–H and O–H groups in total. The molecule has 1 aromatic rings. The van der Waals surface area contributed by atoms with E-state index < -0.39 is 0 Å². The maximum Gasteiger partial charge on any atom is 0.124 e. The second kappa shape index (κ2) is 3.21. The minimum atomic E-state index is 0.890. The molecule has 0 radical (unpaired) electrons. The van der Waals surface area contributed by atoms with Crippen LogP contribution in [0.15, 0.2) is 17.1 Å². The Balaban J connectivity index is 1.88. The second-order valence-electron chi connectivity index (χ2n) is 3.84. The van der Waals surface area contributed by atoms with E-state index in [9.17, 15) is 0 Å². The van der Waals surface area contributed by atoms with Crippen molar-refractivity contribution in [3.8, 4) is 0 Å². The molecule has 66 valence electrons. The Labute approximate surface area is 81.1 Å². The molecule has 1 aliphatic rings. The Bertz CT molecular complexity index is 263. The quantitative estimate of drug-likeness (QED) is 0.762. The second-order valence-corrected chi connectivity index (χ2v) is 4.65. The molecule has 0 aliphatic heterocycles. The smallest absolute Gasteiger partial charge is 0.124 e. The largest absolute Gasteiger partial charge is 0.336 e. The predicted molar refractivity (Wildman–Crippen MR) is 51.8 cm³/mol. The van der Waals surface area contributed by atoms with Gasteiger partial charge in [0.05, 0.1) is 6.33 Å². The summed E-state index contributed by atoms with van der Waals surface area (Å²) in [6, 6.07) is 0. The zero-order valence-electron chi connectivity index (χ0n) is 7.20. The summed E-state index contributed by atoms with van der Waals surface area (Å²) in [5.41, 5.74) is 0. The van der Waals surface area contributed by atoms with Gasteiger partial charge in [0, 0.05) is 12.7 Å². The summed E-state index contributed by atoms with van der Waals surface area (Å²) < 4.78 is 3.11. The van der Waals surface area contributed by atoms with E-state index in [0.717, 1.165) is 23.0 Å². The van der Waals surface area contributed by atoms with Gasteiger partial charge in [0.1, 0.15) is 4.60 Å². The van der Waals surface area contributed by atoms with E-state index in [-0.39, 0.29) is 0 Å². The van der Waals surface area contributed by atoms with Crippen molar-refractivity contribution in [1.82, 2.24) is 9.55 Å². The van der Waals surface area contributed by atoms with Crippen molar-refractivity contribution in [2.45, 2.75) is 26.3 Å². The predicted octanol–water partition coefficient (Wildman–Crippen LogP) is 2.69. The van der Waals surface area contributed by atoms with Crippen LogP contribution in [0.25, 0.3) is 0 Å². The van der Waals surface area contributed by atoms with Crippen LogP contribution in [0.1, 0.15) is 19.8 Å². The van der Waals surface area contributed by atoms with Gasteiger partial charge in [0.15, 0.2) is 0 Å². The molecule has 3 heteroatoms. The van der Waals surface area contributed by atoms with Gasteiger partial charge >= 0.3 is 0 Å². The zero-order chi connectivity index (χ0) is 8.55. The molecule has 0 bridgehead atoms. The fourth-order valence-corrected chi connectivity index (χ4v) is 2.30. The van der Waals surface area contributed by atoms with Crippen molar-refractivity contribution in [3.05, 3.63) is 17.1 Å². The summed E-state index contributed by atoms with van der Waals surface area (Å²) in [6.07, 6.45) is 6.71. The topological polar surface area (TPSA) is 17.8 Å². The molecular formula is C9H13BrN2. The number of nitrogens with zero attached hydrogens (tertiary/aromatic N) is 2. The van der Waals surface area contributed by atoms with Crippen LogP contribution >= 0.6 is 15.9 Å². The first-order valence-corrected chi connectivity index (χ1v) is 5.20. The summed E-state index contributed by atoms with van der Waals surface area (Å²) in [5.74, 6) is 1.84. The zero-order valence-corrected chi connectivity index (χ0v) is 8.79. The van der Waals surface area contributed by atoms with Crippen LogP contribution in [0.4, 0.5) is 0 Å². The number of rotatable bonds is 2. The molecule has 1 aliphatic carbocycles. The van der Waals surface area contributed by atoms with Crippen LogP contribution in [0.2, 0.25) is 0 Å². The van der Waals surface area contributed by atoms with Crippen molar-refractivity contribution in [2.75, 3.05) is 0 Å². The van der Waals surface area contributed by atoms with Crippen molar-refractivity contribution < 1.29 is 0 Å². The van der Waals surface area contributed by atoms with Crippen LogP contribution in [-0.4, -0.2) is 9.55 Å². The first kappa shape index (κ1) is 8.30. The first-order chi connectivity index (χ1) is 5.74. The number of aromatic nitrogens is 2. The first-order valence-electron chi connectivity index (χ1n) is 4.41. The van der Waals surface area contributed by atoms with Crippen LogP contribution in [0.5, 0.6) is 0 Å². The normalized spacial score (nSPS) is 28.5. The fraction of sp³-hybridized carbons (Fsp3) is 0.667. The fourth-order valence-electron chi connectivity index (χ4n) is 1.95. The van der Waals surface area contributed by atoms with Gasteiger partial charge in [-0.05, 0) is 40.6 Å². The van der Waals surface area contributed by atoms with Crippen molar-refractivity contribution in [3.63, 3.8) is 0 Å². The Hall–Kier alpha value is -0.310. The molecule has 1 saturated carbocycles. The number of hydrogen-bond donors (Lipinski definition) is 0. The third-order valence-electron chi connectivity index (χ3n) is 2.54. The minimum absolute atomic E-state index is 0.890. The third kappa shape index (κ3) is 1.71. The number of halogens is 1. The van der Waals surface area contributed by atoms with E-state index >= 15 is 0 Å². The Morgan fingerprint density at radius 3 is 2.92 bits per heavy atom. The number of imidazole rings is 1. The Morgan fingerprint density at radius 1 is 1.67 bits per heavy atom. The molecule has 12 heavy (non-hydrogen) atoms. The Morgan fingerprint density at radius 2 is 2.42 bits per heavy atom. The SMILES string of the molecule is CC1CC(Cn2cnc(Br)c2)C1. The lowest BCUT2D eigenvalue weighted by Crippen LogP contribution is -2.24. The van der Waals surface area contributed by atoms with Crippen LogP contribution < -0.4 is 0 Å². The van der Waals surface area contributed by atoms with Crippen LogP contribution in [-0.2, 0) is 6.54 Å². The highest BCUT2D eigenvalue weighted by molar-refractivity contribution is 9.10. The van der Waals surface area contributed by atoms with Gasteiger partial charge < -0.3 is 4.57 Å². The molecule has 2 rings (SSSR count). The van der Waals surface area contributed by atoms with Crippen molar-refractivity contribution in [2.24, 2.45) is 11.8 Å². The maximum absolute atomic E-state index is 4.13. The summed E-state index contributed by atoms with van der Waals surface area (Å²) in [4.78, 5) is 4.13. The molecule has 1 heterocycles. The highest BCUT2D eigenvalue weighted by Gasteiger charge is 2.25. The molecule has 0 saturated heterocycles. The van der Waals surface area contributed by atoms with Gasteiger partial charge in [-0.15, -0.1) is 0 Å². The van der Waals surface area contributed by atoms with E-state index in [2.05, 4.69) is 32.4 Å². The summed E-state index contributed by atoms with van der Waals surface area (Å²) in [6.45, 7) is 3.46. The van der Waals surface area contributed by atoms with E-state index in [4.69, 9.17) is 0 Å².